The highest BCUT2D eigenvalue weighted by molar-refractivity contribution is 9.10. The lowest BCUT2D eigenvalue weighted by Crippen LogP contribution is -2.19. The van der Waals surface area contributed by atoms with Gasteiger partial charge in [0.2, 0.25) is 0 Å². The summed E-state index contributed by atoms with van der Waals surface area (Å²) in [5.74, 6) is -0.197. The van der Waals surface area contributed by atoms with Crippen LogP contribution in [0.2, 0.25) is 0 Å². The summed E-state index contributed by atoms with van der Waals surface area (Å²) < 4.78 is 14.6. The molecule has 0 radical (unpaired) electrons. The molecular weight excluding hydrogens is 301 g/mol. The van der Waals surface area contributed by atoms with Crippen molar-refractivity contribution < 1.29 is 4.39 Å². The normalized spacial score (nSPS) is 12.7. The Morgan fingerprint density at radius 1 is 1.29 bits per heavy atom. The Labute approximate surface area is 113 Å². The van der Waals surface area contributed by atoms with Gasteiger partial charge in [-0.1, -0.05) is 12.1 Å². The van der Waals surface area contributed by atoms with Crippen LogP contribution in [0.1, 0.15) is 22.0 Å². The second-order valence-corrected chi connectivity index (χ2v) is 5.77. The summed E-state index contributed by atoms with van der Waals surface area (Å²) in [7, 11) is 1.85. The van der Waals surface area contributed by atoms with E-state index in [-0.39, 0.29) is 11.9 Å². The van der Waals surface area contributed by atoms with Gasteiger partial charge in [-0.25, -0.2) is 4.39 Å². The maximum Gasteiger partial charge on any atom is 0.142 e. The van der Waals surface area contributed by atoms with E-state index in [2.05, 4.69) is 28.2 Å². The zero-order valence-corrected chi connectivity index (χ0v) is 12.0. The first-order chi connectivity index (χ1) is 8.15. The van der Waals surface area contributed by atoms with Crippen molar-refractivity contribution in [2.24, 2.45) is 0 Å². The van der Waals surface area contributed by atoms with E-state index < -0.39 is 0 Å². The predicted octanol–water partition coefficient (Wildman–Crippen LogP) is 4.27. The maximum absolute atomic E-state index is 14.1. The van der Waals surface area contributed by atoms with Crippen molar-refractivity contribution in [2.45, 2.75) is 13.0 Å². The number of hydrogen-bond acceptors (Lipinski definition) is 2. The SMILES string of the molecule is CNC(c1ccsc1C)c1cccc(Br)c1F. The first-order valence-electron chi connectivity index (χ1n) is 5.30. The number of halogens is 2. The number of nitrogens with one attached hydrogen (secondary N) is 1. The highest BCUT2D eigenvalue weighted by Crippen LogP contribution is 2.31. The molecule has 17 heavy (non-hydrogen) atoms. The summed E-state index contributed by atoms with van der Waals surface area (Å²) in [6.45, 7) is 2.06. The van der Waals surface area contributed by atoms with Crippen LogP contribution >= 0.6 is 27.3 Å². The van der Waals surface area contributed by atoms with Gasteiger partial charge in [0.25, 0.3) is 0 Å². The summed E-state index contributed by atoms with van der Waals surface area (Å²) >= 11 is 4.90. The smallest absolute Gasteiger partial charge is 0.142 e. The zero-order valence-electron chi connectivity index (χ0n) is 9.63. The molecule has 0 bridgehead atoms. The topological polar surface area (TPSA) is 12.0 Å². The van der Waals surface area contributed by atoms with Crippen LogP contribution in [0.4, 0.5) is 4.39 Å². The van der Waals surface area contributed by atoms with Gasteiger partial charge in [-0.3, -0.25) is 0 Å². The molecule has 90 valence electrons. The Morgan fingerprint density at radius 2 is 2.06 bits per heavy atom. The number of thiophene rings is 1. The van der Waals surface area contributed by atoms with Gasteiger partial charge in [0.15, 0.2) is 0 Å². The minimum Gasteiger partial charge on any atom is -0.309 e. The molecule has 0 saturated heterocycles. The Morgan fingerprint density at radius 3 is 2.65 bits per heavy atom. The quantitative estimate of drug-likeness (QED) is 0.892. The zero-order chi connectivity index (χ0) is 12.4. The molecule has 2 rings (SSSR count). The predicted molar refractivity (Wildman–Crippen MR) is 74.1 cm³/mol. The summed E-state index contributed by atoms with van der Waals surface area (Å²) in [5, 5.41) is 5.21. The van der Waals surface area contributed by atoms with Crippen molar-refractivity contribution in [3.05, 3.63) is 55.9 Å². The Balaban J connectivity index is 2.50. The molecule has 0 fully saturated rings. The Kier molecular flexibility index (Phi) is 3.97. The third-order valence-electron chi connectivity index (χ3n) is 2.79. The van der Waals surface area contributed by atoms with Crippen molar-refractivity contribution in [3.8, 4) is 0 Å². The maximum atomic E-state index is 14.1. The molecular formula is C13H13BrFNS. The highest BCUT2D eigenvalue weighted by atomic mass is 79.9. The van der Waals surface area contributed by atoms with Crippen LogP contribution < -0.4 is 5.32 Å². The molecule has 0 spiro atoms. The van der Waals surface area contributed by atoms with E-state index in [0.29, 0.717) is 10.0 Å². The van der Waals surface area contributed by atoms with E-state index in [9.17, 15) is 4.39 Å². The van der Waals surface area contributed by atoms with E-state index in [0.717, 1.165) is 5.56 Å². The average molecular weight is 314 g/mol. The fourth-order valence-corrected chi connectivity index (χ4v) is 3.04. The summed E-state index contributed by atoms with van der Waals surface area (Å²) in [6, 6.07) is 7.33. The lowest BCUT2D eigenvalue weighted by molar-refractivity contribution is 0.571. The van der Waals surface area contributed by atoms with Crippen LogP contribution in [0.25, 0.3) is 0 Å². The monoisotopic (exact) mass is 313 g/mol. The molecule has 1 aromatic carbocycles. The molecule has 0 aliphatic rings. The number of hydrogen-bond donors (Lipinski definition) is 1. The molecule has 1 nitrogen and oxygen atoms in total. The third-order valence-corrected chi connectivity index (χ3v) is 4.26. The van der Waals surface area contributed by atoms with Gasteiger partial charge in [-0.05, 0) is 53.0 Å². The molecule has 1 aromatic heterocycles. The van der Waals surface area contributed by atoms with Crippen molar-refractivity contribution in [1.82, 2.24) is 5.32 Å². The van der Waals surface area contributed by atoms with E-state index in [1.54, 1.807) is 17.4 Å². The van der Waals surface area contributed by atoms with Crippen molar-refractivity contribution >= 4 is 27.3 Å². The van der Waals surface area contributed by atoms with Crippen LogP contribution in [0.15, 0.2) is 34.1 Å². The molecule has 4 heteroatoms. The molecule has 1 atom stereocenters. The fraction of sp³-hybridized carbons (Fsp3) is 0.231. The average Bonchev–Trinajstić information content (AvgIpc) is 2.72. The Bertz CT molecular complexity index is 524. The minimum absolute atomic E-state index is 0.0984. The van der Waals surface area contributed by atoms with Crippen LogP contribution in [-0.2, 0) is 0 Å². The molecule has 1 N–H and O–H groups in total. The van der Waals surface area contributed by atoms with E-state index in [1.807, 2.05) is 30.6 Å². The molecule has 0 amide bonds. The van der Waals surface area contributed by atoms with E-state index >= 15 is 0 Å². The fourth-order valence-electron chi connectivity index (χ4n) is 1.92. The van der Waals surface area contributed by atoms with Gasteiger partial charge in [0, 0.05) is 10.4 Å². The van der Waals surface area contributed by atoms with Crippen molar-refractivity contribution in [2.75, 3.05) is 7.05 Å². The van der Waals surface area contributed by atoms with Gasteiger partial charge in [0.05, 0.1) is 10.5 Å². The van der Waals surface area contributed by atoms with E-state index in [4.69, 9.17) is 0 Å². The number of aryl methyl sites for hydroxylation is 1. The van der Waals surface area contributed by atoms with Gasteiger partial charge in [-0.2, -0.15) is 0 Å². The van der Waals surface area contributed by atoms with Crippen LogP contribution in [0.5, 0.6) is 0 Å². The minimum atomic E-state index is -0.197. The molecule has 2 aromatic rings. The van der Waals surface area contributed by atoms with Crippen LogP contribution in [0.3, 0.4) is 0 Å². The summed E-state index contributed by atoms with van der Waals surface area (Å²) in [6.07, 6.45) is 0. The van der Waals surface area contributed by atoms with Gasteiger partial charge in [0.1, 0.15) is 5.82 Å². The molecule has 0 aliphatic heterocycles. The second kappa shape index (κ2) is 5.29. The molecule has 0 saturated carbocycles. The van der Waals surface area contributed by atoms with Crippen molar-refractivity contribution in [1.29, 1.82) is 0 Å². The largest absolute Gasteiger partial charge is 0.309 e. The van der Waals surface area contributed by atoms with Gasteiger partial charge in [-0.15, -0.1) is 11.3 Å². The number of benzene rings is 1. The standard InChI is InChI=1S/C13H13BrFNS/c1-8-9(6-7-17-8)13(16-2)10-4-3-5-11(14)12(10)15/h3-7,13,16H,1-2H3. The van der Waals surface area contributed by atoms with Gasteiger partial charge < -0.3 is 5.32 Å². The molecule has 1 heterocycles. The van der Waals surface area contributed by atoms with Gasteiger partial charge >= 0.3 is 0 Å². The second-order valence-electron chi connectivity index (χ2n) is 3.80. The molecule has 0 aliphatic carbocycles. The Hall–Kier alpha value is -0.710. The number of rotatable bonds is 3. The van der Waals surface area contributed by atoms with Crippen LogP contribution in [-0.4, -0.2) is 7.05 Å². The lowest BCUT2D eigenvalue weighted by Gasteiger charge is -2.18. The molecule has 1 unspecified atom stereocenters. The van der Waals surface area contributed by atoms with Crippen LogP contribution in [0, 0.1) is 12.7 Å². The van der Waals surface area contributed by atoms with Crippen molar-refractivity contribution in [3.63, 3.8) is 0 Å². The summed E-state index contributed by atoms with van der Waals surface area (Å²) in [5.41, 5.74) is 1.80. The first-order valence-corrected chi connectivity index (χ1v) is 6.97. The highest BCUT2D eigenvalue weighted by Gasteiger charge is 2.19. The lowest BCUT2D eigenvalue weighted by atomic mass is 9.99. The first kappa shape index (κ1) is 12.7. The van der Waals surface area contributed by atoms with E-state index in [1.165, 1.54) is 4.88 Å². The third kappa shape index (κ3) is 2.44. The summed E-state index contributed by atoms with van der Waals surface area (Å²) in [4.78, 5) is 1.21.